The molecule has 1 aromatic rings. The molecule has 0 heterocycles. The summed E-state index contributed by atoms with van der Waals surface area (Å²) in [5, 5.41) is 9.17. The van der Waals surface area contributed by atoms with E-state index in [-0.39, 0.29) is 17.9 Å². The highest BCUT2D eigenvalue weighted by Gasteiger charge is 2.14. The highest BCUT2D eigenvalue weighted by molar-refractivity contribution is 7.86. The average molecular weight is 256 g/mol. The van der Waals surface area contributed by atoms with Crippen molar-refractivity contribution in [3.05, 3.63) is 42.5 Å². The lowest BCUT2D eigenvalue weighted by Crippen LogP contribution is -2.12. The van der Waals surface area contributed by atoms with Crippen LogP contribution in [0.5, 0.6) is 0 Å². The van der Waals surface area contributed by atoms with Gasteiger partial charge < -0.3 is 5.11 Å². The fraction of sp³-hybridized carbons (Fsp3) is 0.333. The Bertz CT molecular complexity index is 462. The third kappa shape index (κ3) is 4.30. The Balaban J connectivity index is 2.63. The predicted molar refractivity (Wildman–Crippen MR) is 65.1 cm³/mol. The van der Waals surface area contributed by atoms with Crippen molar-refractivity contribution in [2.75, 3.05) is 6.61 Å². The van der Waals surface area contributed by atoms with Gasteiger partial charge in [0.2, 0.25) is 0 Å². The fourth-order valence-corrected chi connectivity index (χ4v) is 2.09. The van der Waals surface area contributed by atoms with Gasteiger partial charge in [-0.3, -0.25) is 4.18 Å². The van der Waals surface area contributed by atoms with Crippen molar-refractivity contribution in [1.82, 2.24) is 0 Å². The zero-order valence-corrected chi connectivity index (χ0v) is 10.5. The Kier molecular flexibility index (Phi) is 4.86. The minimum atomic E-state index is -3.73. The second kappa shape index (κ2) is 5.95. The number of hydrogen-bond acceptors (Lipinski definition) is 4. The van der Waals surface area contributed by atoms with Gasteiger partial charge in [0, 0.05) is 6.42 Å². The summed E-state index contributed by atoms with van der Waals surface area (Å²) in [4.78, 5) is 0.121. The summed E-state index contributed by atoms with van der Waals surface area (Å²) in [6.07, 6.45) is 0.791. The van der Waals surface area contributed by atoms with E-state index >= 15 is 0 Å². The quantitative estimate of drug-likeness (QED) is 0.620. The van der Waals surface area contributed by atoms with Gasteiger partial charge in [-0.05, 0) is 19.1 Å². The molecule has 0 radical (unpaired) electrons. The van der Waals surface area contributed by atoms with Crippen LogP contribution >= 0.6 is 0 Å². The van der Waals surface area contributed by atoms with E-state index in [1.54, 1.807) is 12.1 Å². The highest BCUT2D eigenvalue weighted by atomic mass is 32.2. The molecule has 1 N–H and O–H groups in total. The zero-order valence-electron chi connectivity index (χ0n) is 9.67. The lowest BCUT2D eigenvalue weighted by Gasteiger charge is -2.07. The molecule has 1 aromatic carbocycles. The van der Waals surface area contributed by atoms with Crippen LogP contribution in [0.3, 0.4) is 0 Å². The summed E-state index contributed by atoms with van der Waals surface area (Å²) in [5.74, 6) is 0. The van der Waals surface area contributed by atoms with Crippen molar-refractivity contribution in [1.29, 1.82) is 0 Å². The standard InChI is InChI=1S/C12H16O4S/c1-3-11(13)8-9-16-17(14,15)12-6-4-10(2)5-7-12/h3-7,11,13H,1,8-9H2,2H3. The van der Waals surface area contributed by atoms with Gasteiger partial charge in [0.05, 0.1) is 17.6 Å². The Morgan fingerprint density at radius 3 is 2.53 bits per heavy atom. The minimum absolute atomic E-state index is 0.0661. The van der Waals surface area contributed by atoms with Crippen molar-refractivity contribution >= 4 is 10.1 Å². The first kappa shape index (κ1) is 13.9. The summed E-state index contributed by atoms with van der Waals surface area (Å²) in [7, 11) is -3.73. The Morgan fingerprint density at radius 2 is 2.00 bits per heavy atom. The molecule has 0 aliphatic rings. The van der Waals surface area contributed by atoms with Crippen molar-refractivity contribution < 1.29 is 17.7 Å². The van der Waals surface area contributed by atoms with Gasteiger partial charge in [0.1, 0.15) is 0 Å². The molecule has 0 bridgehead atoms. The van der Waals surface area contributed by atoms with Crippen LogP contribution in [0.4, 0.5) is 0 Å². The molecule has 4 nitrogen and oxygen atoms in total. The Hall–Kier alpha value is -1.17. The van der Waals surface area contributed by atoms with Gasteiger partial charge in [-0.25, -0.2) is 0 Å². The molecular formula is C12H16O4S. The number of aryl methyl sites for hydroxylation is 1. The molecule has 1 unspecified atom stereocenters. The normalized spacial score (nSPS) is 13.3. The van der Waals surface area contributed by atoms with E-state index in [4.69, 9.17) is 9.29 Å². The van der Waals surface area contributed by atoms with Crippen LogP contribution in [0.15, 0.2) is 41.8 Å². The number of benzene rings is 1. The molecule has 0 spiro atoms. The fourth-order valence-electron chi connectivity index (χ4n) is 1.17. The maximum absolute atomic E-state index is 11.7. The van der Waals surface area contributed by atoms with E-state index in [9.17, 15) is 8.42 Å². The lowest BCUT2D eigenvalue weighted by molar-refractivity contribution is 0.181. The molecule has 1 atom stereocenters. The van der Waals surface area contributed by atoms with E-state index in [1.165, 1.54) is 18.2 Å². The molecule has 0 aliphatic heterocycles. The van der Waals surface area contributed by atoms with Gasteiger partial charge in [-0.2, -0.15) is 8.42 Å². The summed E-state index contributed by atoms with van der Waals surface area (Å²) in [6.45, 7) is 5.20. The molecule has 0 saturated heterocycles. The Morgan fingerprint density at radius 1 is 1.41 bits per heavy atom. The lowest BCUT2D eigenvalue weighted by atomic mass is 10.2. The summed E-state index contributed by atoms with van der Waals surface area (Å²) in [6, 6.07) is 6.40. The maximum atomic E-state index is 11.7. The second-order valence-corrected chi connectivity index (χ2v) is 5.30. The van der Waals surface area contributed by atoms with E-state index in [2.05, 4.69) is 6.58 Å². The zero-order chi connectivity index (χ0) is 12.9. The van der Waals surface area contributed by atoms with Crippen LogP contribution in [0.1, 0.15) is 12.0 Å². The smallest absolute Gasteiger partial charge is 0.296 e. The average Bonchev–Trinajstić information content (AvgIpc) is 2.29. The molecular weight excluding hydrogens is 240 g/mol. The molecule has 17 heavy (non-hydrogen) atoms. The molecule has 0 aromatic heterocycles. The van der Waals surface area contributed by atoms with Gasteiger partial charge in [0.15, 0.2) is 0 Å². The first-order valence-corrected chi connectivity index (χ1v) is 6.63. The largest absolute Gasteiger partial charge is 0.389 e. The SMILES string of the molecule is C=CC(O)CCOS(=O)(=O)c1ccc(C)cc1. The van der Waals surface area contributed by atoms with Crippen LogP contribution in [-0.4, -0.2) is 26.2 Å². The van der Waals surface area contributed by atoms with Crippen molar-refractivity contribution in [3.63, 3.8) is 0 Å². The van der Waals surface area contributed by atoms with Crippen molar-refractivity contribution in [2.45, 2.75) is 24.3 Å². The van der Waals surface area contributed by atoms with E-state index in [1.807, 2.05) is 6.92 Å². The van der Waals surface area contributed by atoms with Gasteiger partial charge in [-0.1, -0.05) is 23.8 Å². The van der Waals surface area contributed by atoms with E-state index < -0.39 is 16.2 Å². The first-order chi connectivity index (χ1) is 7.95. The summed E-state index contributed by atoms with van der Waals surface area (Å²) >= 11 is 0. The summed E-state index contributed by atoms with van der Waals surface area (Å²) < 4.78 is 28.2. The monoisotopic (exact) mass is 256 g/mol. The molecule has 94 valence electrons. The molecule has 0 aliphatic carbocycles. The third-order valence-corrected chi connectivity index (χ3v) is 3.56. The number of aliphatic hydroxyl groups excluding tert-OH is 1. The van der Waals surface area contributed by atoms with Gasteiger partial charge >= 0.3 is 0 Å². The topological polar surface area (TPSA) is 63.6 Å². The molecule has 0 amide bonds. The van der Waals surface area contributed by atoms with Crippen LogP contribution in [0, 0.1) is 6.92 Å². The summed E-state index contributed by atoms with van der Waals surface area (Å²) in [5.41, 5.74) is 0.978. The van der Waals surface area contributed by atoms with Gasteiger partial charge in [-0.15, -0.1) is 6.58 Å². The maximum Gasteiger partial charge on any atom is 0.296 e. The third-order valence-electron chi connectivity index (χ3n) is 2.23. The number of aliphatic hydroxyl groups is 1. The van der Waals surface area contributed by atoms with Gasteiger partial charge in [0.25, 0.3) is 10.1 Å². The van der Waals surface area contributed by atoms with Crippen LogP contribution in [0.2, 0.25) is 0 Å². The Labute approximate surface area is 102 Å². The molecule has 5 heteroatoms. The van der Waals surface area contributed by atoms with E-state index in [0.717, 1.165) is 5.56 Å². The minimum Gasteiger partial charge on any atom is -0.389 e. The van der Waals surface area contributed by atoms with Crippen LogP contribution in [-0.2, 0) is 14.3 Å². The second-order valence-electron chi connectivity index (χ2n) is 3.68. The van der Waals surface area contributed by atoms with Crippen molar-refractivity contribution in [3.8, 4) is 0 Å². The number of hydrogen-bond donors (Lipinski definition) is 1. The van der Waals surface area contributed by atoms with Crippen molar-refractivity contribution in [2.24, 2.45) is 0 Å². The van der Waals surface area contributed by atoms with Crippen LogP contribution < -0.4 is 0 Å². The predicted octanol–water partition coefficient (Wildman–Crippen LogP) is 1.64. The number of rotatable bonds is 6. The molecule has 0 fully saturated rings. The highest BCUT2D eigenvalue weighted by Crippen LogP contribution is 2.13. The van der Waals surface area contributed by atoms with Crippen LogP contribution in [0.25, 0.3) is 0 Å². The first-order valence-electron chi connectivity index (χ1n) is 5.22. The molecule has 0 saturated carbocycles. The molecule has 1 rings (SSSR count). The van der Waals surface area contributed by atoms with E-state index in [0.29, 0.717) is 0 Å².